The molecule has 0 radical (unpaired) electrons. The molecule has 17 heavy (non-hydrogen) atoms. The average molecular weight is 245 g/mol. The summed E-state index contributed by atoms with van der Waals surface area (Å²) < 4.78 is 5.57. The number of anilines is 1. The van der Waals surface area contributed by atoms with Gasteiger partial charge in [0.1, 0.15) is 11.5 Å². The van der Waals surface area contributed by atoms with Gasteiger partial charge in [-0.2, -0.15) is 5.26 Å². The van der Waals surface area contributed by atoms with E-state index in [-0.39, 0.29) is 0 Å². The van der Waals surface area contributed by atoms with E-state index in [1.807, 2.05) is 6.07 Å². The summed E-state index contributed by atoms with van der Waals surface area (Å²) in [6.07, 6.45) is 0. The topological polar surface area (TPSA) is 59.0 Å². The zero-order valence-electron chi connectivity index (χ0n) is 8.85. The van der Waals surface area contributed by atoms with Gasteiger partial charge >= 0.3 is 0 Å². The van der Waals surface area contributed by atoms with Crippen molar-refractivity contribution in [1.82, 2.24) is 0 Å². The highest BCUT2D eigenvalue weighted by molar-refractivity contribution is 6.32. The first-order chi connectivity index (χ1) is 8.19. The molecule has 0 atom stereocenters. The zero-order chi connectivity index (χ0) is 12.3. The van der Waals surface area contributed by atoms with Gasteiger partial charge in [-0.15, -0.1) is 0 Å². The molecule has 0 aromatic heterocycles. The molecule has 2 aromatic rings. The number of halogens is 1. The van der Waals surface area contributed by atoms with Crippen molar-refractivity contribution >= 4 is 17.3 Å². The van der Waals surface area contributed by atoms with Crippen molar-refractivity contribution in [2.75, 3.05) is 5.73 Å². The van der Waals surface area contributed by atoms with Crippen molar-refractivity contribution in [3.63, 3.8) is 0 Å². The summed E-state index contributed by atoms with van der Waals surface area (Å²) in [4.78, 5) is 0. The smallest absolute Gasteiger partial charge is 0.146 e. The van der Waals surface area contributed by atoms with Crippen LogP contribution in [0, 0.1) is 11.3 Å². The molecule has 0 fully saturated rings. The predicted molar refractivity (Wildman–Crippen MR) is 67.1 cm³/mol. The van der Waals surface area contributed by atoms with Crippen molar-refractivity contribution in [3.05, 3.63) is 53.1 Å². The van der Waals surface area contributed by atoms with Gasteiger partial charge in [0, 0.05) is 11.8 Å². The van der Waals surface area contributed by atoms with Crippen molar-refractivity contribution in [2.24, 2.45) is 0 Å². The first-order valence-electron chi connectivity index (χ1n) is 4.92. The molecule has 3 nitrogen and oxygen atoms in total. The van der Waals surface area contributed by atoms with Crippen LogP contribution >= 0.6 is 11.6 Å². The SMILES string of the molecule is N#Cc1ccc(Oc2cccc(N)c2)c(Cl)c1. The van der Waals surface area contributed by atoms with Crippen LogP contribution in [0.15, 0.2) is 42.5 Å². The fourth-order valence-corrected chi connectivity index (χ4v) is 1.58. The van der Waals surface area contributed by atoms with E-state index in [2.05, 4.69) is 0 Å². The van der Waals surface area contributed by atoms with Gasteiger partial charge in [0.05, 0.1) is 16.7 Å². The molecule has 0 spiro atoms. The molecule has 0 heterocycles. The summed E-state index contributed by atoms with van der Waals surface area (Å²) in [5.74, 6) is 1.10. The molecular weight excluding hydrogens is 236 g/mol. The molecule has 0 aliphatic rings. The molecule has 0 bridgehead atoms. The summed E-state index contributed by atoms with van der Waals surface area (Å²) in [7, 11) is 0. The van der Waals surface area contributed by atoms with E-state index in [0.717, 1.165) is 0 Å². The van der Waals surface area contributed by atoms with E-state index in [0.29, 0.717) is 27.8 Å². The Morgan fingerprint density at radius 1 is 1.18 bits per heavy atom. The van der Waals surface area contributed by atoms with Crippen LogP contribution in [0.5, 0.6) is 11.5 Å². The van der Waals surface area contributed by atoms with E-state index in [9.17, 15) is 0 Å². The average Bonchev–Trinajstić information content (AvgIpc) is 2.32. The minimum Gasteiger partial charge on any atom is -0.456 e. The number of rotatable bonds is 2. The molecule has 0 aliphatic heterocycles. The summed E-state index contributed by atoms with van der Waals surface area (Å²) in [5, 5.41) is 9.11. The fraction of sp³-hybridized carbons (Fsp3) is 0. The molecule has 2 aromatic carbocycles. The second-order valence-corrected chi connectivity index (χ2v) is 3.84. The van der Waals surface area contributed by atoms with E-state index in [4.69, 9.17) is 27.3 Å². The third kappa shape index (κ3) is 2.68. The van der Waals surface area contributed by atoms with Crippen molar-refractivity contribution < 1.29 is 4.74 Å². The van der Waals surface area contributed by atoms with Crippen LogP contribution in [0.25, 0.3) is 0 Å². The minimum absolute atomic E-state index is 0.395. The Kier molecular flexibility index (Phi) is 3.17. The first-order valence-corrected chi connectivity index (χ1v) is 5.30. The summed E-state index contributed by atoms with van der Waals surface area (Å²) >= 11 is 5.99. The Morgan fingerprint density at radius 3 is 2.65 bits per heavy atom. The normalized spacial score (nSPS) is 9.65. The molecule has 0 saturated heterocycles. The van der Waals surface area contributed by atoms with Crippen LogP contribution in [-0.2, 0) is 0 Å². The fourth-order valence-electron chi connectivity index (χ4n) is 1.36. The van der Waals surface area contributed by atoms with Gasteiger partial charge < -0.3 is 10.5 Å². The number of nitrogens with two attached hydrogens (primary N) is 1. The van der Waals surface area contributed by atoms with Gasteiger partial charge in [0.15, 0.2) is 0 Å². The minimum atomic E-state index is 0.395. The van der Waals surface area contributed by atoms with Gasteiger partial charge in [0.25, 0.3) is 0 Å². The molecule has 0 unspecified atom stereocenters. The lowest BCUT2D eigenvalue weighted by Gasteiger charge is -2.07. The molecule has 0 amide bonds. The van der Waals surface area contributed by atoms with E-state index >= 15 is 0 Å². The van der Waals surface area contributed by atoms with Crippen LogP contribution in [0.2, 0.25) is 5.02 Å². The van der Waals surface area contributed by atoms with Gasteiger partial charge in [-0.05, 0) is 30.3 Å². The van der Waals surface area contributed by atoms with Gasteiger partial charge in [0.2, 0.25) is 0 Å². The van der Waals surface area contributed by atoms with Gasteiger partial charge in [-0.25, -0.2) is 0 Å². The highest BCUT2D eigenvalue weighted by Gasteiger charge is 2.04. The van der Waals surface area contributed by atoms with E-state index in [1.54, 1.807) is 42.5 Å². The molecule has 0 aliphatic carbocycles. The Morgan fingerprint density at radius 2 is 2.00 bits per heavy atom. The first kappa shape index (κ1) is 11.3. The predicted octanol–water partition coefficient (Wildman–Crippen LogP) is 3.59. The molecule has 0 saturated carbocycles. The molecule has 84 valence electrons. The Bertz CT molecular complexity index is 590. The maximum atomic E-state index is 8.71. The second kappa shape index (κ2) is 4.77. The standard InChI is InChI=1S/C13H9ClN2O/c14-12-6-9(8-15)4-5-13(12)17-11-3-1-2-10(16)7-11/h1-7H,16H2. The molecule has 2 rings (SSSR count). The molecule has 4 heteroatoms. The van der Waals surface area contributed by atoms with Crippen LogP contribution < -0.4 is 10.5 Å². The van der Waals surface area contributed by atoms with Crippen LogP contribution in [0.4, 0.5) is 5.69 Å². The van der Waals surface area contributed by atoms with Crippen LogP contribution in [0.1, 0.15) is 5.56 Å². The van der Waals surface area contributed by atoms with Crippen molar-refractivity contribution in [1.29, 1.82) is 5.26 Å². The number of hydrogen-bond donors (Lipinski definition) is 1. The van der Waals surface area contributed by atoms with Crippen molar-refractivity contribution in [2.45, 2.75) is 0 Å². The zero-order valence-corrected chi connectivity index (χ0v) is 9.61. The lowest BCUT2D eigenvalue weighted by molar-refractivity contribution is 0.483. The second-order valence-electron chi connectivity index (χ2n) is 3.43. The molecule has 2 N–H and O–H groups in total. The number of benzene rings is 2. The monoisotopic (exact) mass is 244 g/mol. The van der Waals surface area contributed by atoms with Crippen molar-refractivity contribution in [3.8, 4) is 17.6 Å². The maximum Gasteiger partial charge on any atom is 0.146 e. The number of nitrogens with zero attached hydrogens (tertiary/aromatic N) is 1. The number of hydrogen-bond acceptors (Lipinski definition) is 3. The third-order valence-corrected chi connectivity index (χ3v) is 2.44. The van der Waals surface area contributed by atoms with Crippen LogP contribution in [-0.4, -0.2) is 0 Å². The number of ether oxygens (including phenoxy) is 1. The summed E-state index contributed by atoms with van der Waals surface area (Å²) in [6, 6.07) is 13.9. The maximum absolute atomic E-state index is 8.71. The quantitative estimate of drug-likeness (QED) is 0.822. The lowest BCUT2D eigenvalue weighted by Crippen LogP contribution is -1.88. The van der Waals surface area contributed by atoms with Gasteiger partial charge in [-0.3, -0.25) is 0 Å². The third-order valence-electron chi connectivity index (χ3n) is 2.15. The number of nitrogen functional groups attached to an aromatic ring is 1. The largest absolute Gasteiger partial charge is 0.456 e. The molecular formula is C13H9ClN2O. The number of nitriles is 1. The lowest BCUT2D eigenvalue weighted by atomic mass is 10.2. The highest BCUT2D eigenvalue weighted by Crippen LogP contribution is 2.30. The van der Waals surface area contributed by atoms with Gasteiger partial charge in [-0.1, -0.05) is 17.7 Å². The van der Waals surface area contributed by atoms with Crippen LogP contribution in [0.3, 0.4) is 0 Å². The Labute approximate surface area is 104 Å². The van der Waals surface area contributed by atoms with E-state index in [1.165, 1.54) is 0 Å². The Hall–Kier alpha value is -2.18. The Balaban J connectivity index is 2.28. The summed E-state index contributed by atoms with van der Waals surface area (Å²) in [5.41, 5.74) is 6.75. The van der Waals surface area contributed by atoms with E-state index < -0.39 is 0 Å². The summed E-state index contributed by atoms with van der Waals surface area (Å²) in [6.45, 7) is 0. The highest BCUT2D eigenvalue weighted by atomic mass is 35.5.